The quantitative estimate of drug-likeness (QED) is 0.482. The van der Waals surface area contributed by atoms with E-state index >= 15 is 0 Å². The largest absolute Gasteiger partial charge is 0.370 e. The van der Waals surface area contributed by atoms with Gasteiger partial charge in [-0.25, -0.2) is 4.98 Å². The predicted molar refractivity (Wildman–Crippen MR) is 141 cm³/mol. The lowest BCUT2D eigenvalue weighted by Gasteiger charge is -2.40. The number of nitriles is 1. The normalized spacial score (nSPS) is 16.6. The summed E-state index contributed by atoms with van der Waals surface area (Å²) < 4.78 is 1.43. The molecule has 1 aromatic carbocycles. The van der Waals surface area contributed by atoms with Gasteiger partial charge in [-0.15, -0.1) is 4.52 Å². The minimum atomic E-state index is 0.136. The molecule has 12 heteroatoms. The number of hydrogen-bond donors (Lipinski definition) is 2. The van der Waals surface area contributed by atoms with Gasteiger partial charge in [-0.2, -0.15) is 10.2 Å². The Labute approximate surface area is 219 Å². The number of likely N-dealkylation sites (tertiary alicyclic amines) is 1. The van der Waals surface area contributed by atoms with Crippen LogP contribution < -0.4 is 15.5 Å². The molecule has 0 bridgehead atoms. The fourth-order valence-corrected chi connectivity index (χ4v) is 5.51. The Hall–Kier alpha value is -4.09. The fraction of sp³-hybridized carbons (Fsp3) is 0.440. The Balaban J connectivity index is 1.43. The zero-order valence-electron chi connectivity index (χ0n) is 20.8. The molecule has 190 valence electrons. The van der Waals surface area contributed by atoms with Crippen molar-refractivity contribution in [3.05, 3.63) is 40.3 Å². The van der Waals surface area contributed by atoms with Gasteiger partial charge in [0.25, 0.3) is 17.4 Å². The van der Waals surface area contributed by atoms with Gasteiger partial charge < -0.3 is 25.3 Å². The van der Waals surface area contributed by atoms with Gasteiger partial charge >= 0.3 is 0 Å². The summed E-state index contributed by atoms with van der Waals surface area (Å²) in [6, 6.07) is 5.70. The number of anilines is 4. The highest BCUT2D eigenvalue weighted by Crippen LogP contribution is 2.44. The van der Waals surface area contributed by atoms with E-state index in [-0.39, 0.29) is 23.1 Å². The number of rotatable bonds is 5. The van der Waals surface area contributed by atoms with Crippen molar-refractivity contribution in [1.82, 2.24) is 24.5 Å². The molecule has 2 aliphatic rings. The van der Waals surface area contributed by atoms with E-state index in [2.05, 4.69) is 41.5 Å². The van der Waals surface area contributed by atoms with Gasteiger partial charge in [0, 0.05) is 39.6 Å². The Morgan fingerprint density at radius 2 is 2.05 bits per heavy atom. The number of aromatic nitrogens is 4. The van der Waals surface area contributed by atoms with E-state index in [1.54, 1.807) is 13.0 Å². The number of carbonyl (C=O) groups is 1. The second-order valence-electron chi connectivity index (χ2n) is 9.55. The molecule has 0 atom stereocenters. The van der Waals surface area contributed by atoms with Crippen molar-refractivity contribution >= 4 is 52.1 Å². The van der Waals surface area contributed by atoms with Crippen molar-refractivity contribution in [3.8, 4) is 6.07 Å². The first-order chi connectivity index (χ1) is 17.9. The molecule has 1 spiro atoms. The lowest BCUT2D eigenvalue weighted by molar-refractivity contribution is -0.128. The maximum atomic E-state index is 11.8. The van der Waals surface area contributed by atoms with Crippen LogP contribution in [-0.4, -0.2) is 63.1 Å². The summed E-state index contributed by atoms with van der Waals surface area (Å²) in [5.41, 5.74) is 2.35. The van der Waals surface area contributed by atoms with Crippen LogP contribution in [-0.2, 0) is 4.79 Å². The summed E-state index contributed by atoms with van der Waals surface area (Å²) in [6.45, 7) is 14.8. The monoisotopic (exact) mass is 518 g/mol. The van der Waals surface area contributed by atoms with Crippen LogP contribution in [0.25, 0.3) is 10.5 Å². The van der Waals surface area contributed by atoms with Crippen LogP contribution in [0.15, 0.2) is 18.3 Å². The Kier molecular flexibility index (Phi) is 6.48. The van der Waals surface area contributed by atoms with Gasteiger partial charge in [0.15, 0.2) is 5.82 Å². The van der Waals surface area contributed by atoms with Gasteiger partial charge in [0.2, 0.25) is 5.91 Å². The summed E-state index contributed by atoms with van der Waals surface area (Å²) in [6.07, 6.45) is 4.39. The number of halogens is 1. The second kappa shape index (κ2) is 9.75. The summed E-state index contributed by atoms with van der Waals surface area (Å²) in [5.74, 6) is 1.11. The predicted octanol–water partition coefficient (Wildman–Crippen LogP) is 4.21. The van der Waals surface area contributed by atoms with Crippen LogP contribution in [0.5, 0.6) is 0 Å². The maximum absolute atomic E-state index is 11.8. The third-order valence-electron chi connectivity index (χ3n) is 7.28. The molecule has 0 radical (unpaired) electrons. The topological polar surface area (TPSA) is 119 Å². The lowest BCUT2D eigenvalue weighted by Crippen LogP contribution is -2.42. The van der Waals surface area contributed by atoms with Gasteiger partial charge in [-0.1, -0.05) is 23.3 Å². The molecule has 0 unspecified atom stereocenters. The van der Waals surface area contributed by atoms with Crippen molar-refractivity contribution in [3.63, 3.8) is 0 Å². The van der Waals surface area contributed by atoms with Gasteiger partial charge in [0.05, 0.1) is 34.2 Å². The number of piperidine rings is 1. The number of carbonyl (C=O) groups excluding carboxylic acids is 1. The highest BCUT2D eigenvalue weighted by molar-refractivity contribution is 6.36. The number of fused-ring (bicyclic) bond motifs is 1. The summed E-state index contributed by atoms with van der Waals surface area (Å²) >= 11 is 6.89. The van der Waals surface area contributed by atoms with E-state index in [0.717, 1.165) is 51.1 Å². The van der Waals surface area contributed by atoms with E-state index in [4.69, 9.17) is 18.2 Å². The standard InChI is InChI=1S/C25H27ClN10O/c1-4-29-22-23-30-14-20(28-3)36(23)33-24(32-22)31-18-11-17(13-27)12-19(21(18)26)34-8-5-25(6-9-34)7-10-35(15-25)16(2)37/h11-12,14H,4-10,15H2,1-2H3,(H2,29,31,32,33). The van der Waals surface area contributed by atoms with Crippen LogP contribution in [0, 0.1) is 23.3 Å². The van der Waals surface area contributed by atoms with Crippen LogP contribution in [0.2, 0.25) is 5.02 Å². The summed E-state index contributed by atoms with van der Waals surface area (Å²) in [5, 5.41) is 20.9. The molecular weight excluding hydrogens is 492 g/mol. The molecule has 3 aromatic rings. The third-order valence-corrected chi connectivity index (χ3v) is 7.68. The first kappa shape index (κ1) is 24.6. The van der Waals surface area contributed by atoms with Crippen LogP contribution in [0.1, 0.15) is 38.7 Å². The zero-order valence-corrected chi connectivity index (χ0v) is 21.5. The van der Waals surface area contributed by atoms with E-state index < -0.39 is 0 Å². The molecule has 2 aliphatic heterocycles. The minimum Gasteiger partial charge on any atom is -0.370 e. The molecule has 11 nitrogen and oxygen atoms in total. The van der Waals surface area contributed by atoms with E-state index in [1.807, 2.05) is 17.9 Å². The number of hydrogen-bond acceptors (Lipinski definition) is 8. The molecule has 5 rings (SSSR count). The smallest absolute Gasteiger partial charge is 0.275 e. The van der Waals surface area contributed by atoms with Crippen molar-refractivity contribution in [2.45, 2.75) is 33.1 Å². The average Bonchev–Trinajstić information content (AvgIpc) is 3.51. The fourth-order valence-electron chi connectivity index (χ4n) is 5.23. The highest BCUT2D eigenvalue weighted by Gasteiger charge is 2.41. The summed E-state index contributed by atoms with van der Waals surface area (Å²) in [7, 11) is 0. The third kappa shape index (κ3) is 4.58. The number of nitrogens with zero attached hydrogens (tertiary/aromatic N) is 8. The van der Waals surface area contributed by atoms with Crippen molar-refractivity contribution < 1.29 is 4.79 Å². The van der Waals surface area contributed by atoms with Gasteiger partial charge in [-0.05, 0) is 43.7 Å². The molecule has 2 fully saturated rings. The number of benzene rings is 1. The van der Waals surface area contributed by atoms with E-state index in [9.17, 15) is 10.1 Å². The molecule has 2 N–H and O–H groups in total. The van der Waals surface area contributed by atoms with E-state index in [1.165, 1.54) is 10.7 Å². The van der Waals surface area contributed by atoms with Crippen molar-refractivity contribution in [1.29, 1.82) is 5.26 Å². The van der Waals surface area contributed by atoms with Crippen LogP contribution in [0.4, 0.5) is 29.0 Å². The van der Waals surface area contributed by atoms with Crippen molar-refractivity contribution in [2.24, 2.45) is 5.41 Å². The maximum Gasteiger partial charge on any atom is 0.275 e. The molecule has 2 aromatic heterocycles. The van der Waals surface area contributed by atoms with Gasteiger partial charge in [-0.3, -0.25) is 4.79 Å². The highest BCUT2D eigenvalue weighted by atomic mass is 35.5. The summed E-state index contributed by atoms with van der Waals surface area (Å²) in [4.78, 5) is 28.3. The number of amides is 1. The first-order valence-electron chi connectivity index (χ1n) is 12.2. The van der Waals surface area contributed by atoms with Gasteiger partial charge in [0.1, 0.15) is 0 Å². The molecule has 1 amide bonds. The second-order valence-corrected chi connectivity index (χ2v) is 9.93. The Morgan fingerprint density at radius 3 is 2.70 bits per heavy atom. The molecule has 4 heterocycles. The number of imidazole rings is 1. The zero-order chi connectivity index (χ0) is 26.2. The molecule has 37 heavy (non-hydrogen) atoms. The molecular formula is C25H27ClN10O. The van der Waals surface area contributed by atoms with E-state index in [0.29, 0.717) is 34.3 Å². The average molecular weight is 519 g/mol. The lowest BCUT2D eigenvalue weighted by atomic mass is 9.77. The van der Waals surface area contributed by atoms with Crippen LogP contribution in [0.3, 0.4) is 0 Å². The minimum absolute atomic E-state index is 0.136. The SMILES string of the molecule is [C-]#[N+]c1cnc2c(NCC)nc(Nc3cc(C#N)cc(N4CCC5(CCN(C(C)=O)C5)CC4)c3Cl)nn12. The van der Waals surface area contributed by atoms with Crippen LogP contribution >= 0.6 is 11.6 Å². The number of nitrogens with one attached hydrogen (secondary N) is 2. The molecule has 2 saturated heterocycles. The Morgan fingerprint density at radius 1 is 1.30 bits per heavy atom. The first-order valence-corrected chi connectivity index (χ1v) is 12.6. The van der Waals surface area contributed by atoms with Crippen molar-refractivity contribution in [2.75, 3.05) is 48.3 Å². The molecule has 0 aliphatic carbocycles. The Bertz CT molecular complexity index is 1440. The molecule has 0 saturated carbocycles.